The van der Waals surface area contributed by atoms with Gasteiger partial charge in [0.05, 0.1) is 13.2 Å². The minimum atomic E-state index is -0.345. The van der Waals surface area contributed by atoms with Crippen LogP contribution in [0.15, 0.2) is 48.5 Å². The van der Waals surface area contributed by atoms with E-state index in [1.807, 2.05) is 4.90 Å². The van der Waals surface area contributed by atoms with Crippen molar-refractivity contribution in [2.75, 3.05) is 42.3 Å². The summed E-state index contributed by atoms with van der Waals surface area (Å²) in [5.74, 6) is -0.303. The van der Waals surface area contributed by atoms with Crippen LogP contribution in [0.1, 0.15) is 5.56 Å². The maximum absolute atomic E-state index is 12.0. The Labute approximate surface area is 164 Å². The Morgan fingerprint density at radius 3 is 2.30 bits per heavy atom. The standard InChI is InChI=1S/C19H23N3O4.ClH/c20-15-2-7-18(25)14(13-15)1-8-19(26)21-16-3-5-17(6-4-16)22(9-11-23)10-12-24;/h1-8,13,23-25H,9-12,20H2,(H,21,26);1H/b8-1+;. The lowest BCUT2D eigenvalue weighted by molar-refractivity contribution is -0.111. The Morgan fingerprint density at radius 2 is 1.70 bits per heavy atom. The van der Waals surface area contributed by atoms with Crippen molar-refractivity contribution in [2.45, 2.75) is 0 Å². The molecule has 0 saturated carbocycles. The Bertz CT molecular complexity index is 760. The average molecular weight is 394 g/mol. The van der Waals surface area contributed by atoms with E-state index in [0.29, 0.717) is 30.0 Å². The van der Waals surface area contributed by atoms with Crippen molar-refractivity contribution in [1.82, 2.24) is 0 Å². The molecule has 0 aromatic heterocycles. The van der Waals surface area contributed by atoms with Gasteiger partial charge < -0.3 is 31.3 Å². The minimum Gasteiger partial charge on any atom is -0.507 e. The highest BCUT2D eigenvalue weighted by atomic mass is 35.5. The van der Waals surface area contributed by atoms with Crippen molar-refractivity contribution in [3.63, 3.8) is 0 Å². The van der Waals surface area contributed by atoms with Gasteiger partial charge in [0.15, 0.2) is 0 Å². The van der Waals surface area contributed by atoms with Gasteiger partial charge in [-0.3, -0.25) is 4.79 Å². The van der Waals surface area contributed by atoms with Crippen molar-refractivity contribution >= 4 is 41.5 Å². The summed E-state index contributed by atoms with van der Waals surface area (Å²) in [6.07, 6.45) is 2.80. The van der Waals surface area contributed by atoms with Crippen molar-refractivity contribution in [1.29, 1.82) is 0 Å². The molecule has 0 radical (unpaired) electrons. The maximum Gasteiger partial charge on any atom is 0.248 e. The molecule has 0 atom stereocenters. The first-order valence-corrected chi connectivity index (χ1v) is 8.18. The van der Waals surface area contributed by atoms with Crippen molar-refractivity contribution in [2.24, 2.45) is 0 Å². The van der Waals surface area contributed by atoms with Crippen LogP contribution in [0.5, 0.6) is 5.75 Å². The number of rotatable bonds is 8. The van der Waals surface area contributed by atoms with Crippen LogP contribution in [-0.4, -0.2) is 47.5 Å². The fraction of sp³-hybridized carbons (Fsp3) is 0.211. The highest BCUT2D eigenvalue weighted by Gasteiger charge is 2.06. The summed E-state index contributed by atoms with van der Waals surface area (Å²) in [7, 11) is 0. The molecule has 2 rings (SSSR count). The quantitative estimate of drug-likeness (QED) is 0.265. The molecule has 8 heteroatoms. The third kappa shape index (κ3) is 6.82. The second-order valence-corrected chi connectivity index (χ2v) is 5.62. The first kappa shape index (κ1) is 22.3. The van der Waals surface area contributed by atoms with E-state index >= 15 is 0 Å². The molecule has 2 aromatic rings. The van der Waals surface area contributed by atoms with Crippen molar-refractivity contribution in [3.8, 4) is 5.75 Å². The summed E-state index contributed by atoms with van der Waals surface area (Å²) in [4.78, 5) is 13.9. The fourth-order valence-electron chi connectivity index (χ4n) is 2.42. The number of halogens is 1. The number of anilines is 3. The molecule has 0 heterocycles. The summed E-state index contributed by atoms with van der Waals surface area (Å²) < 4.78 is 0. The lowest BCUT2D eigenvalue weighted by atomic mass is 10.1. The molecule has 0 aliphatic rings. The molecule has 2 aromatic carbocycles. The molecule has 6 N–H and O–H groups in total. The average Bonchev–Trinajstić information content (AvgIpc) is 2.63. The Balaban J connectivity index is 0.00000364. The van der Waals surface area contributed by atoms with Gasteiger partial charge in [-0.15, -0.1) is 12.4 Å². The summed E-state index contributed by atoms with van der Waals surface area (Å²) >= 11 is 0. The van der Waals surface area contributed by atoms with E-state index in [4.69, 9.17) is 15.9 Å². The van der Waals surface area contributed by atoms with Gasteiger partial charge in [-0.2, -0.15) is 0 Å². The topological polar surface area (TPSA) is 119 Å². The fourth-order valence-corrected chi connectivity index (χ4v) is 2.42. The number of aliphatic hydroxyl groups excluding tert-OH is 2. The molecule has 146 valence electrons. The number of phenolic OH excluding ortho intramolecular Hbond substituents is 1. The number of aromatic hydroxyl groups is 1. The normalized spacial score (nSPS) is 10.4. The molecule has 0 unspecified atom stereocenters. The number of phenols is 1. The SMILES string of the molecule is Cl.Nc1ccc(O)c(/C=C/C(=O)Nc2ccc(N(CCO)CCO)cc2)c1. The van der Waals surface area contributed by atoms with Gasteiger partial charge in [0.25, 0.3) is 0 Å². The number of carbonyl (C=O) groups excluding carboxylic acids is 1. The van der Waals surface area contributed by atoms with Gasteiger partial charge in [0.1, 0.15) is 5.75 Å². The maximum atomic E-state index is 12.0. The highest BCUT2D eigenvalue weighted by Crippen LogP contribution is 2.21. The van der Waals surface area contributed by atoms with Gasteiger partial charge >= 0.3 is 0 Å². The van der Waals surface area contributed by atoms with Crippen molar-refractivity contribution < 1.29 is 20.1 Å². The number of nitrogens with two attached hydrogens (primary N) is 1. The zero-order valence-corrected chi connectivity index (χ0v) is 15.5. The first-order valence-electron chi connectivity index (χ1n) is 8.18. The van der Waals surface area contributed by atoms with Crippen LogP contribution in [0.2, 0.25) is 0 Å². The van der Waals surface area contributed by atoms with E-state index in [-0.39, 0.29) is 37.3 Å². The van der Waals surface area contributed by atoms with Crippen LogP contribution < -0.4 is 16.0 Å². The van der Waals surface area contributed by atoms with Crippen LogP contribution in [0.25, 0.3) is 6.08 Å². The van der Waals surface area contributed by atoms with Crippen molar-refractivity contribution in [3.05, 3.63) is 54.1 Å². The highest BCUT2D eigenvalue weighted by molar-refractivity contribution is 6.02. The minimum absolute atomic E-state index is 0. The summed E-state index contributed by atoms with van der Waals surface area (Å²) in [5.41, 5.74) is 8.05. The number of nitrogens with one attached hydrogen (secondary N) is 1. The third-order valence-electron chi connectivity index (χ3n) is 3.71. The van der Waals surface area contributed by atoms with Gasteiger partial charge in [-0.05, 0) is 48.5 Å². The van der Waals surface area contributed by atoms with Crippen LogP contribution >= 0.6 is 12.4 Å². The third-order valence-corrected chi connectivity index (χ3v) is 3.71. The first-order chi connectivity index (χ1) is 12.5. The largest absolute Gasteiger partial charge is 0.507 e. The summed E-state index contributed by atoms with van der Waals surface area (Å²) in [5, 5.41) is 30.6. The summed E-state index contributed by atoms with van der Waals surface area (Å²) in [6.45, 7) is 0.803. The van der Waals surface area contributed by atoms with E-state index in [0.717, 1.165) is 5.69 Å². The smallest absolute Gasteiger partial charge is 0.248 e. The lowest BCUT2D eigenvalue weighted by Gasteiger charge is -2.23. The number of nitrogen functional groups attached to an aromatic ring is 1. The predicted molar refractivity (Wildman–Crippen MR) is 110 cm³/mol. The summed E-state index contributed by atoms with van der Waals surface area (Å²) in [6, 6.07) is 11.7. The van der Waals surface area contributed by atoms with Gasteiger partial charge in [0.2, 0.25) is 5.91 Å². The molecule has 0 aliphatic carbocycles. The van der Waals surface area contributed by atoms with Gasteiger partial charge in [-0.25, -0.2) is 0 Å². The molecule has 1 amide bonds. The second kappa shape index (κ2) is 11.1. The zero-order chi connectivity index (χ0) is 18.9. The van der Waals surface area contributed by atoms with Gasteiger partial charge in [-0.1, -0.05) is 0 Å². The Hall–Kier alpha value is -2.74. The molecule has 0 aliphatic heterocycles. The molecule has 0 bridgehead atoms. The predicted octanol–water partition coefficient (Wildman–Crippen LogP) is 1.84. The second-order valence-electron chi connectivity index (χ2n) is 5.62. The number of benzene rings is 2. The van der Waals surface area contributed by atoms with E-state index in [9.17, 15) is 9.90 Å². The molecule has 0 saturated heterocycles. The van der Waals surface area contributed by atoms with Gasteiger partial charge in [0, 0.05) is 41.8 Å². The monoisotopic (exact) mass is 393 g/mol. The molecule has 27 heavy (non-hydrogen) atoms. The molecule has 7 nitrogen and oxygen atoms in total. The Morgan fingerprint density at radius 1 is 1.07 bits per heavy atom. The van der Waals surface area contributed by atoms with Crippen LogP contribution in [0, 0.1) is 0 Å². The van der Waals surface area contributed by atoms with E-state index in [2.05, 4.69) is 5.32 Å². The number of carbonyl (C=O) groups is 1. The number of hydrogen-bond acceptors (Lipinski definition) is 6. The van der Waals surface area contributed by atoms with Crippen LogP contribution in [-0.2, 0) is 4.79 Å². The molecular formula is C19H24ClN3O4. The number of amides is 1. The number of aliphatic hydroxyl groups is 2. The van der Waals surface area contributed by atoms with E-state index < -0.39 is 0 Å². The molecule has 0 spiro atoms. The van der Waals surface area contributed by atoms with E-state index in [1.54, 1.807) is 36.4 Å². The zero-order valence-electron chi connectivity index (χ0n) is 14.7. The molecular weight excluding hydrogens is 370 g/mol. The molecule has 0 fully saturated rings. The van der Waals surface area contributed by atoms with Crippen LogP contribution in [0.3, 0.4) is 0 Å². The Kier molecular flexibility index (Phi) is 9.15. The number of nitrogens with zero attached hydrogens (tertiary/aromatic N) is 1. The number of hydrogen-bond donors (Lipinski definition) is 5. The van der Waals surface area contributed by atoms with E-state index in [1.165, 1.54) is 18.2 Å². The lowest BCUT2D eigenvalue weighted by Crippen LogP contribution is -2.29. The van der Waals surface area contributed by atoms with Crippen LogP contribution in [0.4, 0.5) is 17.1 Å².